The summed E-state index contributed by atoms with van der Waals surface area (Å²) in [7, 11) is 6.05. The topological polar surface area (TPSA) is 92.3 Å². The highest BCUT2D eigenvalue weighted by Gasteiger charge is 2.20. The lowest BCUT2D eigenvalue weighted by molar-refractivity contribution is -0.129. The SMILES string of the molecule is COc1cc(OC)cc(C(=O)OC(C)C(=O)NCc2ccc(OC)c(OC)c2)c1. The van der Waals surface area contributed by atoms with Crippen molar-refractivity contribution in [3.63, 3.8) is 0 Å². The number of methoxy groups -OCH3 is 4. The van der Waals surface area contributed by atoms with Gasteiger partial charge in [0.15, 0.2) is 17.6 Å². The molecule has 1 N–H and O–H groups in total. The van der Waals surface area contributed by atoms with Crippen LogP contribution in [0.5, 0.6) is 23.0 Å². The molecule has 156 valence electrons. The summed E-state index contributed by atoms with van der Waals surface area (Å²) in [6.45, 7) is 1.74. The number of nitrogens with one attached hydrogen (secondary N) is 1. The molecule has 0 radical (unpaired) electrons. The molecule has 0 spiro atoms. The zero-order valence-electron chi connectivity index (χ0n) is 17.1. The van der Waals surface area contributed by atoms with E-state index in [1.54, 1.807) is 31.4 Å². The minimum absolute atomic E-state index is 0.223. The molecule has 0 saturated carbocycles. The van der Waals surface area contributed by atoms with Crippen LogP contribution < -0.4 is 24.3 Å². The zero-order valence-corrected chi connectivity index (χ0v) is 17.1. The molecular weight excluding hydrogens is 378 g/mol. The third kappa shape index (κ3) is 5.78. The summed E-state index contributed by atoms with van der Waals surface area (Å²) in [6.07, 6.45) is -0.986. The van der Waals surface area contributed by atoms with Gasteiger partial charge in [0.05, 0.1) is 34.0 Å². The lowest BCUT2D eigenvalue weighted by Crippen LogP contribution is -2.35. The predicted molar refractivity (Wildman–Crippen MR) is 106 cm³/mol. The highest BCUT2D eigenvalue weighted by Crippen LogP contribution is 2.27. The predicted octanol–water partition coefficient (Wildman–Crippen LogP) is 2.58. The number of carbonyl (C=O) groups is 2. The Morgan fingerprint density at radius 2 is 1.48 bits per heavy atom. The van der Waals surface area contributed by atoms with Crippen molar-refractivity contribution in [1.29, 1.82) is 0 Å². The van der Waals surface area contributed by atoms with Crippen LogP contribution in [-0.4, -0.2) is 46.4 Å². The Bertz CT molecular complexity index is 844. The maximum Gasteiger partial charge on any atom is 0.339 e. The van der Waals surface area contributed by atoms with E-state index in [1.807, 2.05) is 0 Å². The molecule has 2 aromatic rings. The molecule has 0 bridgehead atoms. The molecular formula is C21H25NO7. The van der Waals surface area contributed by atoms with Gasteiger partial charge in [-0.05, 0) is 36.8 Å². The van der Waals surface area contributed by atoms with Gasteiger partial charge in [0.25, 0.3) is 5.91 Å². The first-order valence-corrected chi connectivity index (χ1v) is 8.84. The van der Waals surface area contributed by atoms with E-state index in [1.165, 1.54) is 40.4 Å². The number of ether oxygens (including phenoxy) is 5. The van der Waals surface area contributed by atoms with Crippen molar-refractivity contribution in [2.24, 2.45) is 0 Å². The van der Waals surface area contributed by atoms with E-state index >= 15 is 0 Å². The highest BCUT2D eigenvalue weighted by molar-refractivity contribution is 5.93. The number of hydrogen-bond donors (Lipinski definition) is 1. The summed E-state index contributed by atoms with van der Waals surface area (Å²) in [5.74, 6) is 0.965. The van der Waals surface area contributed by atoms with Crippen LogP contribution in [0.4, 0.5) is 0 Å². The number of amides is 1. The van der Waals surface area contributed by atoms with Crippen LogP contribution in [0.1, 0.15) is 22.8 Å². The minimum Gasteiger partial charge on any atom is -0.497 e. The van der Waals surface area contributed by atoms with Crippen molar-refractivity contribution in [2.45, 2.75) is 19.6 Å². The lowest BCUT2D eigenvalue weighted by atomic mass is 10.2. The summed E-state index contributed by atoms with van der Waals surface area (Å²) in [5.41, 5.74) is 1.03. The fourth-order valence-electron chi connectivity index (χ4n) is 2.53. The van der Waals surface area contributed by atoms with Crippen LogP contribution in [0.2, 0.25) is 0 Å². The quantitative estimate of drug-likeness (QED) is 0.644. The summed E-state index contributed by atoms with van der Waals surface area (Å²) in [5, 5.41) is 2.73. The Kier molecular flexibility index (Phi) is 7.70. The van der Waals surface area contributed by atoms with E-state index < -0.39 is 18.0 Å². The van der Waals surface area contributed by atoms with Gasteiger partial charge in [-0.2, -0.15) is 0 Å². The van der Waals surface area contributed by atoms with Gasteiger partial charge >= 0.3 is 5.97 Å². The van der Waals surface area contributed by atoms with Gasteiger partial charge in [-0.15, -0.1) is 0 Å². The minimum atomic E-state index is -0.986. The molecule has 0 fully saturated rings. The Hall–Kier alpha value is -3.42. The van der Waals surface area contributed by atoms with E-state index in [0.717, 1.165) is 5.56 Å². The third-order valence-electron chi connectivity index (χ3n) is 4.15. The van der Waals surface area contributed by atoms with Gasteiger partial charge in [0, 0.05) is 12.6 Å². The smallest absolute Gasteiger partial charge is 0.339 e. The van der Waals surface area contributed by atoms with Gasteiger partial charge in [-0.25, -0.2) is 4.79 Å². The average Bonchev–Trinajstić information content (AvgIpc) is 2.76. The van der Waals surface area contributed by atoms with Crippen LogP contribution in [-0.2, 0) is 16.1 Å². The van der Waals surface area contributed by atoms with Crippen molar-refractivity contribution in [3.8, 4) is 23.0 Å². The fraction of sp³-hybridized carbons (Fsp3) is 0.333. The first kappa shape index (κ1) is 21.9. The maximum atomic E-state index is 12.4. The Morgan fingerprint density at radius 3 is 2.03 bits per heavy atom. The molecule has 0 aliphatic heterocycles. The Morgan fingerprint density at radius 1 is 0.862 bits per heavy atom. The second kappa shape index (κ2) is 10.2. The number of rotatable bonds is 9. The average molecular weight is 403 g/mol. The van der Waals surface area contributed by atoms with E-state index in [9.17, 15) is 9.59 Å². The number of hydrogen-bond acceptors (Lipinski definition) is 7. The fourth-order valence-corrected chi connectivity index (χ4v) is 2.53. The lowest BCUT2D eigenvalue weighted by Gasteiger charge is -2.15. The zero-order chi connectivity index (χ0) is 21.4. The van der Waals surface area contributed by atoms with E-state index in [4.69, 9.17) is 23.7 Å². The molecule has 8 nitrogen and oxygen atoms in total. The summed E-state index contributed by atoms with van der Waals surface area (Å²) < 4.78 is 26.0. The second-order valence-corrected chi connectivity index (χ2v) is 6.06. The summed E-state index contributed by atoms with van der Waals surface area (Å²) >= 11 is 0. The molecule has 0 aliphatic rings. The van der Waals surface area contributed by atoms with E-state index in [0.29, 0.717) is 23.0 Å². The van der Waals surface area contributed by atoms with E-state index in [-0.39, 0.29) is 12.1 Å². The molecule has 1 amide bonds. The normalized spacial score (nSPS) is 11.2. The van der Waals surface area contributed by atoms with E-state index in [2.05, 4.69) is 5.32 Å². The molecule has 0 aromatic heterocycles. The largest absolute Gasteiger partial charge is 0.497 e. The van der Waals surface area contributed by atoms with Crippen molar-refractivity contribution < 1.29 is 33.3 Å². The monoisotopic (exact) mass is 403 g/mol. The van der Waals surface area contributed by atoms with Gasteiger partial charge in [-0.1, -0.05) is 6.07 Å². The molecule has 1 unspecified atom stereocenters. The highest BCUT2D eigenvalue weighted by atomic mass is 16.5. The summed E-state index contributed by atoms with van der Waals surface area (Å²) in [4.78, 5) is 24.7. The summed E-state index contributed by atoms with van der Waals surface area (Å²) in [6, 6.07) is 9.98. The first-order valence-electron chi connectivity index (χ1n) is 8.84. The first-order chi connectivity index (χ1) is 13.9. The van der Waals surface area contributed by atoms with Gasteiger partial charge < -0.3 is 29.0 Å². The van der Waals surface area contributed by atoms with Crippen LogP contribution in [0.3, 0.4) is 0 Å². The number of carbonyl (C=O) groups excluding carboxylic acids is 2. The molecule has 2 rings (SSSR count). The van der Waals surface area contributed by atoms with Crippen LogP contribution in [0, 0.1) is 0 Å². The molecule has 29 heavy (non-hydrogen) atoms. The van der Waals surface area contributed by atoms with Crippen LogP contribution >= 0.6 is 0 Å². The standard InChI is InChI=1S/C21H25NO7/c1-13(29-21(24)15-9-16(25-2)11-17(10-15)26-3)20(23)22-12-14-6-7-18(27-4)19(8-14)28-5/h6-11,13H,12H2,1-5H3,(H,22,23). The molecule has 0 saturated heterocycles. The van der Waals surface area contributed by atoms with Gasteiger partial charge in [-0.3, -0.25) is 4.79 Å². The van der Waals surface area contributed by atoms with Crippen molar-refractivity contribution in [3.05, 3.63) is 47.5 Å². The molecule has 0 aliphatic carbocycles. The Balaban J connectivity index is 1.98. The Labute approximate surface area is 169 Å². The number of benzene rings is 2. The van der Waals surface area contributed by atoms with Crippen molar-refractivity contribution in [2.75, 3.05) is 28.4 Å². The van der Waals surface area contributed by atoms with Crippen molar-refractivity contribution >= 4 is 11.9 Å². The van der Waals surface area contributed by atoms with Gasteiger partial charge in [0.1, 0.15) is 11.5 Å². The second-order valence-electron chi connectivity index (χ2n) is 6.06. The molecule has 0 heterocycles. The van der Waals surface area contributed by atoms with Crippen LogP contribution in [0.15, 0.2) is 36.4 Å². The third-order valence-corrected chi connectivity index (χ3v) is 4.15. The number of esters is 1. The molecule has 2 aromatic carbocycles. The molecule has 8 heteroatoms. The van der Waals surface area contributed by atoms with Gasteiger partial charge in [0.2, 0.25) is 0 Å². The van der Waals surface area contributed by atoms with Crippen LogP contribution in [0.25, 0.3) is 0 Å². The maximum absolute atomic E-state index is 12.4. The van der Waals surface area contributed by atoms with Crippen molar-refractivity contribution in [1.82, 2.24) is 5.32 Å². The molecule has 1 atom stereocenters.